The van der Waals surface area contributed by atoms with Crippen molar-refractivity contribution in [2.75, 3.05) is 5.84 Å². The van der Waals surface area contributed by atoms with Gasteiger partial charge in [-0.15, -0.1) is 10.2 Å². The maximum Gasteiger partial charge on any atom is 0.218 e. The number of pyridine rings is 1. The average molecular weight is 326 g/mol. The summed E-state index contributed by atoms with van der Waals surface area (Å²) in [5, 5.41) is 8.80. The smallest absolute Gasteiger partial charge is 0.218 e. The van der Waals surface area contributed by atoms with E-state index in [1.807, 2.05) is 22.7 Å². The van der Waals surface area contributed by atoms with Crippen LogP contribution in [-0.2, 0) is 5.75 Å². The van der Waals surface area contributed by atoms with Crippen LogP contribution in [0.5, 0.6) is 0 Å². The number of aryl methyl sites for hydroxylation is 1. The van der Waals surface area contributed by atoms with Crippen LogP contribution in [0.2, 0.25) is 0 Å². The van der Waals surface area contributed by atoms with Gasteiger partial charge < -0.3 is 14.7 Å². The molecule has 0 fully saturated rings. The summed E-state index contributed by atoms with van der Waals surface area (Å²) in [5.74, 6) is 7.80. The summed E-state index contributed by atoms with van der Waals surface area (Å²) in [7, 11) is 0. The van der Waals surface area contributed by atoms with Gasteiger partial charge in [0.15, 0.2) is 5.76 Å². The molecule has 0 saturated carbocycles. The molecule has 4 aromatic heterocycles. The number of hydrogen-bond acceptors (Lipinski definition) is 6. The normalized spacial score (nSPS) is 11.3. The lowest BCUT2D eigenvalue weighted by atomic mass is 10.3. The van der Waals surface area contributed by atoms with Crippen LogP contribution in [0.4, 0.5) is 0 Å². The Morgan fingerprint density at radius 2 is 2.13 bits per heavy atom. The van der Waals surface area contributed by atoms with Gasteiger partial charge in [0.05, 0.1) is 12.0 Å². The maximum atomic E-state index is 6.04. The number of fused-ring (bicyclic) bond motifs is 1. The molecule has 0 unspecified atom stereocenters. The monoisotopic (exact) mass is 326 g/mol. The van der Waals surface area contributed by atoms with Gasteiger partial charge in [0.2, 0.25) is 11.0 Å². The molecular weight excluding hydrogens is 312 g/mol. The van der Waals surface area contributed by atoms with Crippen LogP contribution in [0.15, 0.2) is 52.5 Å². The van der Waals surface area contributed by atoms with Crippen molar-refractivity contribution < 1.29 is 4.42 Å². The third kappa shape index (κ3) is 2.57. The van der Waals surface area contributed by atoms with E-state index in [9.17, 15) is 0 Å². The number of furan rings is 1. The summed E-state index contributed by atoms with van der Waals surface area (Å²) in [6.07, 6.45) is 5.65. The van der Waals surface area contributed by atoms with E-state index >= 15 is 0 Å². The molecule has 7 nitrogen and oxygen atoms in total. The molecule has 2 N–H and O–H groups in total. The first-order chi connectivity index (χ1) is 11.2. The number of aromatic nitrogens is 5. The van der Waals surface area contributed by atoms with Crippen molar-refractivity contribution in [3.8, 4) is 11.6 Å². The molecule has 0 amide bonds. The fourth-order valence-corrected chi connectivity index (χ4v) is 3.05. The van der Waals surface area contributed by atoms with Gasteiger partial charge in [-0.05, 0) is 30.7 Å². The van der Waals surface area contributed by atoms with Gasteiger partial charge >= 0.3 is 0 Å². The van der Waals surface area contributed by atoms with Gasteiger partial charge in [0, 0.05) is 18.1 Å². The molecule has 0 aliphatic heterocycles. The van der Waals surface area contributed by atoms with E-state index in [1.165, 1.54) is 22.0 Å². The summed E-state index contributed by atoms with van der Waals surface area (Å²) >= 11 is 1.48. The highest BCUT2D eigenvalue weighted by molar-refractivity contribution is 7.98. The molecule has 0 saturated heterocycles. The van der Waals surface area contributed by atoms with Crippen molar-refractivity contribution in [3.05, 3.63) is 54.2 Å². The number of thioether (sulfide) groups is 1. The number of nitrogens with two attached hydrogens (primary N) is 1. The van der Waals surface area contributed by atoms with Gasteiger partial charge in [-0.2, -0.15) is 0 Å². The van der Waals surface area contributed by atoms with Gasteiger partial charge in [0.1, 0.15) is 5.65 Å². The Kier molecular flexibility index (Phi) is 3.30. The lowest BCUT2D eigenvalue weighted by Crippen LogP contribution is -2.11. The van der Waals surface area contributed by atoms with E-state index in [4.69, 9.17) is 10.3 Å². The largest absolute Gasteiger partial charge is 0.461 e. The molecule has 0 spiro atoms. The van der Waals surface area contributed by atoms with Gasteiger partial charge in [0.25, 0.3) is 0 Å². The molecular formula is C15H14N6OS. The first-order valence-corrected chi connectivity index (χ1v) is 8.00. The van der Waals surface area contributed by atoms with Gasteiger partial charge in [-0.25, -0.2) is 9.66 Å². The molecule has 23 heavy (non-hydrogen) atoms. The fourth-order valence-electron chi connectivity index (χ4n) is 2.31. The van der Waals surface area contributed by atoms with E-state index in [0.29, 0.717) is 22.5 Å². The molecule has 0 radical (unpaired) electrons. The van der Waals surface area contributed by atoms with E-state index in [0.717, 1.165) is 11.3 Å². The third-order valence-electron chi connectivity index (χ3n) is 3.40. The van der Waals surface area contributed by atoms with Crippen molar-refractivity contribution in [3.63, 3.8) is 0 Å². The number of nitrogens with zero attached hydrogens (tertiary/aromatic N) is 5. The van der Waals surface area contributed by atoms with Crippen molar-refractivity contribution in [2.24, 2.45) is 0 Å². The molecule has 4 aromatic rings. The third-order valence-corrected chi connectivity index (χ3v) is 4.38. The van der Waals surface area contributed by atoms with Crippen LogP contribution in [0.1, 0.15) is 11.3 Å². The van der Waals surface area contributed by atoms with Gasteiger partial charge in [-0.1, -0.05) is 17.8 Å². The molecule has 8 heteroatoms. The van der Waals surface area contributed by atoms with E-state index < -0.39 is 0 Å². The van der Waals surface area contributed by atoms with E-state index in [1.54, 1.807) is 18.4 Å². The Morgan fingerprint density at radius 3 is 2.96 bits per heavy atom. The summed E-state index contributed by atoms with van der Waals surface area (Å²) in [6, 6.07) is 7.64. The molecule has 0 atom stereocenters. The van der Waals surface area contributed by atoms with Crippen molar-refractivity contribution in [1.82, 2.24) is 24.3 Å². The predicted octanol–water partition coefficient (Wildman–Crippen LogP) is 2.50. The minimum atomic E-state index is 0.503. The summed E-state index contributed by atoms with van der Waals surface area (Å²) in [4.78, 5) is 4.58. The highest BCUT2D eigenvalue weighted by Crippen LogP contribution is 2.24. The highest BCUT2D eigenvalue weighted by atomic mass is 32.2. The first-order valence-electron chi connectivity index (χ1n) is 7.02. The standard InChI is InChI=1S/C15H14N6OS/c1-10-4-5-13-17-11(8-20(13)7-10)9-23-15-19-18-14(21(15)16)12-3-2-6-22-12/h2-8H,9,16H2,1H3. The van der Waals surface area contributed by atoms with Crippen LogP contribution in [-0.4, -0.2) is 24.3 Å². The second kappa shape index (κ2) is 5.47. The lowest BCUT2D eigenvalue weighted by molar-refractivity contribution is 0.574. The van der Waals surface area contributed by atoms with Crippen LogP contribution in [0.3, 0.4) is 0 Å². The van der Waals surface area contributed by atoms with Crippen LogP contribution < -0.4 is 5.84 Å². The number of nitrogen functional groups attached to an aromatic ring is 1. The second-order valence-corrected chi connectivity index (χ2v) is 6.09. The van der Waals surface area contributed by atoms with Crippen LogP contribution >= 0.6 is 11.8 Å². The molecule has 4 rings (SSSR count). The predicted molar refractivity (Wildman–Crippen MR) is 87.4 cm³/mol. The zero-order valence-electron chi connectivity index (χ0n) is 12.4. The zero-order valence-corrected chi connectivity index (χ0v) is 13.2. The fraction of sp³-hybridized carbons (Fsp3) is 0.133. The van der Waals surface area contributed by atoms with E-state index in [-0.39, 0.29) is 0 Å². The second-order valence-electron chi connectivity index (χ2n) is 5.15. The molecule has 0 aromatic carbocycles. The quantitative estimate of drug-likeness (QED) is 0.458. The van der Waals surface area contributed by atoms with Crippen molar-refractivity contribution in [2.45, 2.75) is 17.8 Å². The lowest BCUT2D eigenvalue weighted by Gasteiger charge is -2.00. The molecule has 116 valence electrons. The Balaban J connectivity index is 1.54. The van der Waals surface area contributed by atoms with Gasteiger partial charge in [-0.3, -0.25) is 0 Å². The Hall–Kier alpha value is -2.74. The van der Waals surface area contributed by atoms with E-state index in [2.05, 4.69) is 28.3 Å². The number of rotatable bonds is 4. The molecule has 0 bridgehead atoms. The average Bonchev–Trinajstić information content (AvgIpc) is 3.24. The topological polar surface area (TPSA) is 87.2 Å². The Morgan fingerprint density at radius 1 is 1.22 bits per heavy atom. The first kappa shape index (κ1) is 13.9. The zero-order chi connectivity index (χ0) is 15.8. The van der Waals surface area contributed by atoms with Crippen LogP contribution in [0.25, 0.3) is 17.2 Å². The number of imidazole rings is 1. The molecule has 0 aliphatic rings. The Bertz CT molecular complexity index is 956. The van der Waals surface area contributed by atoms with Crippen LogP contribution in [0, 0.1) is 6.92 Å². The SMILES string of the molecule is Cc1ccc2nc(CSc3nnc(-c4ccco4)n3N)cn2c1. The van der Waals surface area contributed by atoms with Crippen molar-refractivity contribution >= 4 is 17.4 Å². The molecule has 0 aliphatic carbocycles. The summed E-state index contributed by atoms with van der Waals surface area (Å²) in [5.41, 5.74) is 3.08. The molecule has 4 heterocycles. The summed E-state index contributed by atoms with van der Waals surface area (Å²) < 4.78 is 8.75. The maximum absolute atomic E-state index is 6.04. The van der Waals surface area contributed by atoms with Crippen molar-refractivity contribution in [1.29, 1.82) is 0 Å². The minimum absolute atomic E-state index is 0.503. The minimum Gasteiger partial charge on any atom is -0.461 e. The Labute approximate surface area is 136 Å². The summed E-state index contributed by atoms with van der Waals surface area (Å²) in [6.45, 7) is 2.06. The highest BCUT2D eigenvalue weighted by Gasteiger charge is 2.14. The number of hydrogen-bond donors (Lipinski definition) is 1.